The second-order valence-electron chi connectivity index (χ2n) is 7.46. The quantitative estimate of drug-likeness (QED) is 0.519. The van der Waals surface area contributed by atoms with Crippen molar-refractivity contribution in [1.29, 1.82) is 0 Å². The summed E-state index contributed by atoms with van der Waals surface area (Å²) in [6.45, 7) is 7.37. The number of fused-ring (bicyclic) bond motifs is 1. The number of rotatable bonds is 5. The normalized spacial score (nSPS) is 11.6. The molecule has 1 aromatic heterocycles. The second-order valence-corrected chi connectivity index (χ2v) is 7.46. The molecule has 0 atom stereocenters. The van der Waals surface area contributed by atoms with E-state index in [0.29, 0.717) is 12.0 Å². The fourth-order valence-electron chi connectivity index (χ4n) is 2.87. The SMILES string of the molecule is CC(C)(C)c1ccc2oc(=O)c(CCCNc3ccccc3)cc2c1. The van der Waals surface area contributed by atoms with E-state index in [-0.39, 0.29) is 11.0 Å². The molecule has 0 aliphatic rings. The maximum atomic E-state index is 12.2. The van der Waals surface area contributed by atoms with E-state index in [0.717, 1.165) is 29.6 Å². The molecule has 3 aromatic rings. The molecule has 0 saturated heterocycles. The third-order valence-corrected chi connectivity index (χ3v) is 4.40. The van der Waals surface area contributed by atoms with Crippen LogP contribution in [0.1, 0.15) is 38.3 Å². The third kappa shape index (κ3) is 4.30. The summed E-state index contributed by atoms with van der Waals surface area (Å²) in [5.74, 6) is 0. The highest BCUT2D eigenvalue weighted by Gasteiger charge is 2.15. The van der Waals surface area contributed by atoms with Crippen LogP contribution in [0.5, 0.6) is 0 Å². The maximum Gasteiger partial charge on any atom is 0.339 e. The number of hydrogen-bond acceptors (Lipinski definition) is 3. The number of para-hydroxylation sites is 1. The second kappa shape index (κ2) is 7.14. The van der Waals surface area contributed by atoms with Crippen LogP contribution in [0.25, 0.3) is 11.0 Å². The monoisotopic (exact) mass is 335 g/mol. The Morgan fingerprint density at radius 1 is 1.00 bits per heavy atom. The Bertz CT molecular complexity index is 905. The Labute approximate surface area is 148 Å². The van der Waals surface area contributed by atoms with E-state index >= 15 is 0 Å². The van der Waals surface area contributed by atoms with Crippen LogP contribution in [0.4, 0.5) is 5.69 Å². The van der Waals surface area contributed by atoms with Crippen molar-refractivity contribution >= 4 is 16.7 Å². The van der Waals surface area contributed by atoms with Crippen LogP contribution in [0.15, 0.2) is 63.8 Å². The van der Waals surface area contributed by atoms with Gasteiger partial charge in [-0.25, -0.2) is 4.79 Å². The first-order valence-electron chi connectivity index (χ1n) is 8.80. The van der Waals surface area contributed by atoms with Crippen LogP contribution in [0.2, 0.25) is 0 Å². The zero-order valence-electron chi connectivity index (χ0n) is 15.1. The molecule has 0 unspecified atom stereocenters. The van der Waals surface area contributed by atoms with Gasteiger partial charge in [-0.15, -0.1) is 0 Å². The number of aryl methyl sites for hydroxylation is 1. The van der Waals surface area contributed by atoms with Crippen molar-refractivity contribution in [2.45, 2.75) is 39.0 Å². The molecule has 0 saturated carbocycles. The van der Waals surface area contributed by atoms with Crippen LogP contribution in [0.3, 0.4) is 0 Å². The molecule has 0 bridgehead atoms. The highest BCUT2D eigenvalue weighted by Crippen LogP contribution is 2.26. The van der Waals surface area contributed by atoms with E-state index in [4.69, 9.17) is 4.42 Å². The molecule has 3 rings (SSSR count). The van der Waals surface area contributed by atoms with E-state index in [1.165, 1.54) is 5.56 Å². The minimum absolute atomic E-state index is 0.0735. The Hall–Kier alpha value is -2.55. The van der Waals surface area contributed by atoms with Crippen molar-refractivity contribution in [3.8, 4) is 0 Å². The number of benzene rings is 2. The Morgan fingerprint density at radius 3 is 2.48 bits per heavy atom. The molecule has 0 amide bonds. The molecular weight excluding hydrogens is 310 g/mol. The lowest BCUT2D eigenvalue weighted by atomic mass is 9.86. The first kappa shape index (κ1) is 17.3. The van der Waals surface area contributed by atoms with Crippen molar-refractivity contribution in [3.05, 3.63) is 76.1 Å². The van der Waals surface area contributed by atoms with Crippen LogP contribution in [-0.2, 0) is 11.8 Å². The zero-order valence-corrected chi connectivity index (χ0v) is 15.1. The van der Waals surface area contributed by atoms with E-state index in [1.54, 1.807) is 0 Å². The summed E-state index contributed by atoms with van der Waals surface area (Å²) in [4.78, 5) is 12.2. The first-order chi connectivity index (χ1) is 11.9. The fourth-order valence-corrected chi connectivity index (χ4v) is 2.87. The lowest BCUT2D eigenvalue weighted by Crippen LogP contribution is -2.12. The van der Waals surface area contributed by atoms with E-state index in [1.807, 2.05) is 48.5 Å². The van der Waals surface area contributed by atoms with Gasteiger partial charge in [-0.3, -0.25) is 0 Å². The van der Waals surface area contributed by atoms with Gasteiger partial charge in [0.25, 0.3) is 0 Å². The Kier molecular flexibility index (Phi) is 4.93. The molecule has 0 spiro atoms. The van der Waals surface area contributed by atoms with Crippen LogP contribution in [0, 0.1) is 0 Å². The molecule has 0 aliphatic carbocycles. The van der Waals surface area contributed by atoms with E-state index < -0.39 is 0 Å². The summed E-state index contributed by atoms with van der Waals surface area (Å²) >= 11 is 0. The van der Waals surface area contributed by atoms with Gasteiger partial charge in [-0.2, -0.15) is 0 Å². The number of hydrogen-bond donors (Lipinski definition) is 1. The first-order valence-corrected chi connectivity index (χ1v) is 8.80. The van der Waals surface area contributed by atoms with E-state index in [9.17, 15) is 4.79 Å². The van der Waals surface area contributed by atoms with Gasteiger partial charge in [-0.05, 0) is 54.2 Å². The predicted molar refractivity (Wildman–Crippen MR) is 104 cm³/mol. The summed E-state index contributed by atoms with van der Waals surface area (Å²) in [6.07, 6.45) is 1.59. The average Bonchev–Trinajstić information content (AvgIpc) is 2.58. The molecule has 3 heteroatoms. The Morgan fingerprint density at radius 2 is 1.76 bits per heavy atom. The number of nitrogens with one attached hydrogen (secondary N) is 1. The average molecular weight is 335 g/mol. The minimum Gasteiger partial charge on any atom is -0.423 e. The van der Waals surface area contributed by atoms with Gasteiger partial charge in [-0.1, -0.05) is 45.0 Å². The summed E-state index contributed by atoms with van der Waals surface area (Å²) in [5, 5.41) is 4.37. The van der Waals surface area contributed by atoms with Crippen molar-refractivity contribution in [1.82, 2.24) is 0 Å². The molecule has 1 N–H and O–H groups in total. The summed E-state index contributed by atoms with van der Waals surface area (Å²) < 4.78 is 5.50. The van der Waals surface area contributed by atoms with Gasteiger partial charge in [0.1, 0.15) is 5.58 Å². The van der Waals surface area contributed by atoms with Crippen LogP contribution in [-0.4, -0.2) is 6.54 Å². The van der Waals surface area contributed by atoms with Gasteiger partial charge >= 0.3 is 5.63 Å². The highest BCUT2D eigenvalue weighted by atomic mass is 16.4. The molecule has 0 fully saturated rings. The molecule has 3 nitrogen and oxygen atoms in total. The van der Waals surface area contributed by atoms with Gasteiger partial charge < -0.3 is 9.73 Å². The van der Waals surface area contributed by atoms with Gasteiger partial charge in [0.2, 0.25) is 0 Å². The zero-order chi connectivity index (χ0) is 17.9. The smallest absolute Gasteiger partial charge is 0.339 e. The molecule has 0 aliphatic heterocycles. The van der Waals surface area contributed by atoms with E-state index in [2.05, 4.69) is 32.2 Å². The topological polar surface area (TPSA) is 42.2 Å². The molecule has 1 heterocycles. The third-order valence-electron chi connectivity index (χ3n) is 4.40. The van der Waals surface area contributed by atoms with Crippen molar-refractivity contribution in [3.63, 3.8) is 0 Å². The minimum atomic E-state index is -0.226. The standard InChI is InChI=1S/C22H25NO2/c1-22(2,3)18-11-12-20-17(15-18)14-16(21(24)25-20)8-7-13-23-19-9-5-4-6-10-19/h4-6,9-12,14-15,23H,7-8,13H2,1-3H3. The molecule has 25 heavy (non-hydrogen) atoms. The van der Waals surface area contributed by atoms with Crippen LogP contribution < -0.4 is 10.9 Å². The molecule has 2 aromatic carbocycles. The Balaban J connectivity index is 1.72. The summed E-state index contributed by atoms with van der Waals surface area (Å²) in [6, 6.07) is 18.1. The molecule has 0 radical (unpaired) electrons. The lowest BCUT2D eigenvalue weighted by Gasteiger charge is -2.19. The highest BCUT2D eigenvalue weighted by molar-refractivity contribution is 5.78. The fraction of sp³-hybridized carbons (Fsp3) is 0.318. The molecule has 130 valence electrons. The summed E-state index contributed by atoms with van der Waals surface area (Å²) in [5.41, 5.74) is 3.59. The number of anilines is 1. The van der Waals surface area contributed by atoms with Crippen molar-refractivity contribution in [2.75, 3.05) is 11.9 Å². The van der Waals surface area contributed by atoms with Gasteiger partial charge in [0, 0.05) is 23.2 Å². The van der Waals surface area contributed by atoms with Crippen LogP contribution >= 0.6 is 0 Å². The molecular formula is C22H25NO2. The van der Waals surface area contributed by atoms with Gasteiger partial charge in [0.05, 0.1) is 0 Å². The van der Waals surface area contributed by atoms with Crippen molar-refractivity contribution < 1.29 is 4.42 Å². The largest absolute Gasteiger partial charge is 0.423 e. The lowest BCUT2D eigenvalue weighted by molar-refractivity contribution is 0.547. The predicted octanol–water partition coefficient (Wildman–Crippen LogP) is 5.14. The summed E-state index contributed by atoms with van der Waals surface area (Å²) in [7, 11) is 0. The van der Waals surface area contributed by atoms with Crippen molar-refractivity contribution in [2.24, 2.45) is 0 Å². The van der Waals surface area contributed by atoms with Gasteiger partial charge in [0.15, 0.2) is 0 Å². The maximum absolute atomic E-state index is 12.2.